The van der Waals surface area contributed by atoms with Gasteiger partial charge < -0.3 is 0 Å². The molecular formula is C14H10ClFN2O2. The van der Waals surface area contributed by atoms with Crippen LogP contribution in [-0.2, 0) is 0 Å². The Morgan fingerprint density at radius 3 is 2.20 bits per heavy atom. The van der Waals surface area contributed by atoms with Crippen molar-refractivity contribution in [2.75, 3.05) is 0 Å². The molecule has 20 heavy (non-hydrogen) atoms. The summed E-state index contributed by atoms with van der Waals surface area (Å²) in [5, 5.41) is -0.0311. The Morgan fingerprint density at radius 2 is 1.55 bits per heavy atom. The summed E-state index contributed by atoms with van der Waals surface area (Å²) >= 11 is 5.74. The van der Waals surface area contributed by atoms with Crippen LogP contribution < -0.4 is 10.9 Å². The molecule has 0 bridgehead atoms. The van der Waals surface area contributed by atoms with E-state index in [-0.39, 0.29) is 10.6 Å². The van der Waals surface area contributed by atoms with Gasteiger partial charge in [-0.1, -0.05) is 35.9 Å². The van der Waals surface area contributed by atoms with Crippen molar-refractivity contribution < 1.29 is 14.0 Å². The van der Waals surface area contributed by atoms with Gasteiger partial charge in [-0.05, 0) is 24.3 Å². The molecule has 0 aromatic heterocycles. The smallest absolute Gasteiger partial charge is 0.267 e. The Bertz CT molecular complexity index is 627. The molecule has 0 radical (unpaired) electrons. The number of carbonyl (C=O) groups excluding carboxylic acids is 2. The third-order valence-corrected chi connectivity index (χ3v) is 2.83. The molecule has 2 rings (SSSR count). The van der Waals surface area contributed by atoms with E-state index in [1.807, 2.05) is 0 Å². The molecule has 2 aromatic rings. The Balaban J connectivity index is 2.05. The monoisotopic (exact) mass is 292 g/mol. The summed E-state index contributed by atoms with van der Waals surface area (Å²) in [6.45, 7) is 0. The van der Waals surface area contributed by atoms with Gasteiger partial charge in [0.15, 0.2) is 0 Å². The fraction of sp³-hybridized carbons (Fsp3) is 0. The van der Waals surface area contributed by atoms with Gasteiger partial charge in [0.25, 0.3) is 11.8 Å². The molecule has 2 N–H and O–H groups in total. The first kappa shape index (κ1) is 14.0. The quantitative estimate of drug-likeness (QED) is 0.836. The molecule has 0 aliphatic carbocycles. The van der Waals surface area contributed by atoms with Gasteiger partial charge in [-0.3, -0.25) is 20.4 Å². The highest BCUT2D eigenvalue weighted by atomic mass is 35.5. The van der Waals surface area contributed by atoms with Crippen LogP contribution in [0.15, 0.2) is 48.5 Å². The second kappa shape index (κ2) is 6.16. The van der Waals surface area contributed by atoms with Crippen LogP contribution in [0.3, 0.4) is 0 Å². The average molecular weight is 293 g/mol. The van der Waals surface area contributed by atoms with Crippen LogP contribution >= 0.6 is 11.6 Å². The minimum Gasteiger partial charge on any atom is -0.267 e. The van der Waals surface area contributed by atoms with Crippen molar-refractivity contribution in [3.8, 4) is 0 Å². The molecule has 0 saturated carbocycles. The van der Waals surface area contributed by atoms with Gasteiger partial charge in [-0.25, -0.2) is 4.39 Å². The van der Waals surface area contributed by atoms with E-state index in [0.717, 1.165) is 6.07 Å². The summed E-state index contributed by atoms with van der Waals surface area (Å²) in [6.07, 6.45) is 0. The topological polar surface area (TPSA) is 58.2 Å². The molecule has 0 atom stereocenters. The van der Waals surface area contributed by atoms with Crippen LogP contribution in [0.2, 0.25) is 5.02 Å². The van der Waals surface area contributed by atoms with Crippen molar-refractivity contribution in [2.45, 2.75) is 0 Å². The van der Waals surface area contributed by atoms with Crippen molar-refractivity contribution in [3.63, 3.8) is 0 Å². The Morgan fingerprint density at radius 1 is 0.900 bits per heavy atom. The fourth-order valence-electron chi connectivity index (χ4n) is 1.55. The molecule has 2 amide bonds. The predicted octanol–water partition coefficient (Wildman–Crippen LogP) is 2.55. The molecule has 0 unspecified atom stereocenters. The molecule has 0 fully saturated rings. The lowest BCUT2D eigenvalue weighted by Gasteiger charge is -2.09. The van der Waals surface area contributed by atoms with Crippen molar-refractivity contribution >= 4 is 23.4 Å². The number of hydrogen-bond donors (Lipinski definition) is 2. The van der Waals surface area contributed by atoms with E-state index in [2.05, 4.69) is 10.9 Å². The summed E-state index contributed by atoms with van der Waals surface area (Å²) in [5.74, 6) is -2.09. The van der Waals surface area contributed by atoms with Crippen LogP contribution in [0.5, 0.6) is 0 Å². The number of benzene rings is 2. The number of nitrogens with one attached hydrogen (secondary N) is 2. The average Bonchev–Trinajstić information content (AvgIpc) is 2.45. The first-order chi connectivity index (χ1) is 9.59. The molecule has 4 nitrogen and oxygen atoms in total. The van der Waals surface area contributed by atoms with E-state index in [4.69, 9.17) is 11.6 Å². The summed E-state index contributed by atoms with van der Waals surface area (Å²) in [6, 6.07) is 12.2. The van der Waals surface area contributed by atoms with E-state index in [1.165, 1.54) is 12.1 Å². The first-order valence-corrected chi connectivity index (χ1v) is 6.07. The number of rotatable bonds is 2. The lowest BCUT2D eigenvalue weighted by molar-refractivity contribution is 0.0844. The summed E-state index contributed by atoms with van der Waals surface area (Å²) in [4.78, 5) is 23.5. The molecule has 0 aliphatic rings. The highest BCUT2D eigenvalue weighted by Gasteiger charge is 2.16. The maximum absolute atomic E-state index is 13.5. The summed E-state index contributed by atoms with van der Waals surface area (Å²) < 4.78 is 13.5. The van der Waals surface area contributed by atoms with Gasteiger partial charge in [0.05, 0.1) is 10.6 Å². The highest BCUT2D eigenvalue weighted by Crippen LogP contribution is 2.18. The number of halogens is 2. The third kappa shape index (κ3) is 3.13. The molecule has 0 saturated heterocycles. The normalized spacial score (nSPS) is 9.90. The largest absolute Gasteiger partial charge is 0.274 e. The standard InChI is InChI=1S/C14H10ClFN2O2/c15-10-7-4-8-11(16)12(10)14(20)18-17-13(19)9-5-2-1-3-6-9/h1-8H,(H,17,19)(H,18,20). The van der Waals surface area contributed by atoms with Gasteiger partial charge in [-0.15, -0.1) is 0 Å². The van der Waals surface area contributed by atoms with Gasteiger partial charge in [0, 0.05) is 5.56 Å². The number of carbonyl (C=O) groups is 2. The third-order valence-electron chi connectivity index (χ3n) is 2.52. The van der Waals surface area contributed by atoms with Gasteiger partial charge in [0.1, 0.15) is 5.82 Å². The second-order valence-electron chi connectivity index (χ2n) is 3.87. The van der Waals surface area contributed by atoms with Gasteiger partial charge >= 0.3 is 0 Å². The maximum Gasteiger partial charge on any atom is 0.274 e. The predicted molar refractivity (Wildman–Crippen MR) is 72.8 cm³/mol. The fourth-order valence-corrected chi connectivity index (χ4v) is 1.80. The molecular weight excluding hydrogens is 283 g/mol. The summed E-state index contributed by atoms with van der Waals surface area (Å²) in [7, 11) is 0. The van der Waals surface area contributed by atoms with E-state index in [1.54, 1.807) is 30.3 Å². The SMILES string of the molecule is O=C(NNC(=O)c1c(F)cccc1Cl)c1ccccc1. The Labute approximate surface area is 119 Å². The second-order valence-corrected chi connectivity index (χ2v) is 4.28. The van der Waals surface area contributed by atoms with Crippen LogP contribution in [0.1, 0.15) is 20.7 Å². The summed E-state index contributed by atoms with van der Waals surface area (Å²) in [5.41, 5.74) is 4.35. The number of hydrazine groups is 1. The number of amides is 2. The van der Waals surface area contributed by atoms with Crippen LogP contribution in [-0.4, -0.2) is 11.8 Å². The first-order valence-electron chi connectivity index (χ1n) is 5.69. The lowest BCUT2D eigenvalue weighted by atomic mass is 10.2. The highest BCUT2D eigenvalue weighted by molar-refractivity contribution is 6.33. The minimum atomic E-state index is -0.822. The molecule has 0 heterocycles. The van der Waals surface area contributed by atoms with Gasteiger partial charge in [0.2, 0.25) is 0 Å². The Hall–Kier alpha value is -2.40. The lowest BCUT2D eigenvalue weighted by Crippen LogP contribution is -2.42. The zero-order valence-corrected chi connectivity index (χ0v) is 10.9. The van der Waals surface area contributed by atoms with Crippen molar-refractivity contribution in [1.82, 2.24) is 10.9 Å². The van der Waals surface area contributed by atoms with Crippen LogP contribution in [0.25, 0.3) is 0 Å². The van der Waals surface area contributed by atoms with Gasteiger partial charge in [-0.2, -0.15) is 0 Å². The molecule has 0 spiro atoms. The van der Waals surface area contributed by atoms with Crippen molar-refractivity contribution in [2.24, 2.45) is 0 Å². The van der Waals surface area contributed by atoms with E-state index in [9.17, 15) is 14.0 Å². The molecule has 0 aliphatic heterocycles. The van der Waals surface area contributed by atoms with Crippen LogP contribution in [0.4, 0.5) is 4.39 Å². The van der Waals surface area contributed by atoms with Crippen molar-refractivity contribution in [1.29, 1.82) is 0 Å². The molecule has 2 aromatic carbocycles. The van der Waals surface area contributed by atoms with Crippen LogP contribution in [0, 0.1) is 5.82 Å². The molecule has 6 heteroatoms. The van der Waals surface area contributed by atoms with E-state index >= 15 is 0 Å². The van der Waals surface area contributed by atoms with E-state index < -0.39 is 17.6 Å². The zero-order chi connectivity index (χ0) is 14.5. The molecule has 102 valence electrons. The van der Waals surface area contributed by atoms with E-state index in [0.29, 0.717) is 5.56 Å². The number of hydrogen-bond acceptors (Lipinski definition) is 2. The van der Waals surface area contributed by atoms with Crippen molar-refractivity contribution in [3.05, 3.63) is 70.5 Å². The maximum atomic E-state index is 13.5. The zero-order valence-electron chi connectivity index (χ0n) is 10.2. The minimum absolute atomic E-state index is 0.0311. The Kier molecular flexibility index (Phi) is 4.32.